The zero-order valence-electron chi connectivity index (χ0n) is 24.7. The first-order chi connectivity index (χ1) is 20.3. The molecule has 43 heavy (non-hydrogen) atoms. The van der Waals surface area contributed by atoms with E-state index in [2.05, 4.69) is 10.2 Å². The summed E-state index contributed by atoms with van der Waals surface area (Å²) in [6, 6.07) is 3.55. The van der Waals surface area contributed by atoms with E-state index in [1.807, 2.05) is 27.7 Å². The normalized spacial score (nSPS) is 19.1. The molecule has 0 spiro atoms. The number of thioether (sulfide) groups is 1. The minimum Gasteiger partial charge on any atom is -0.493 e. The molecule has 0 radical (unpaired) electrons. The SMILES string of the molecule is [C-]#[N+]CCCCCCOc1c(C)c(C)c2c(c1C)CCC(C)(COc1ccc(/C=C3/SC(=O)NC3=O)cc1C(F)(F)F)O2. The van der Waals surface area contributed by atoms with E-state index in [0.717, 1.165) is 65.5 Å². The summed E-state index contributed by atoms with van der Waals surface area (Å²) in [6.45, 7) is 15.7. The number of alkyl halides is 3. The van der Waals surface area contributed by atoms with Gasteiger partial charge in [0.05, 0.1) is 17.1 Å². The quantitative estimate of drug-likeness (QED) is 0.157. The standard InChI is InChI=1S/C32H35F3N2O5S/c1-19-20(2)28-23(21(3)27(19)40-15-9-7-6-8-14-36-5)12-13-31(4,42-28)18-41-25-11-10-22(16-24(25)32(33,34)35)17-26-29(38)37-30(39)43-26/h10-11,16-17H,6-9,12-15,18H2,1-4H3,(H,37,38,39)/b26-17+. The van der Waals surface area contributed by atoms with Crippen molar-refractivity contribution in [3.05, 3.63) is 67.9 Å². The Labute approximate surface area is 254 Å². The molecule has 2 aromatic rings. The molecule has 11 heteroatoms. The van der Waals surface area contributed by atoms with E-state index in [1.54, 1.807) is 0 Å². The number of unbranched alkanes of at least 4 members (excludes halogenated alkanes) is 3. The monoisotopic (exact) mass is 616 g/mol. The number of amides is 2. The Balaban J connectivity index is 1.47. The van der Waals surface area contributed by atoms with Crippen LogP contribution in [0, 0.1) is 27.3 Å². The molecule has 0 aliphatic carbocycles. The Morgan fingerprint density at radius 1 is 1.09 bits per heavy atom. The minimum absolute atomic E-state index is 0.0241. The Morgan fingerprint density at radius 2 is 1.84 bits per heavy atom. The van der Waals surface area contributed by atoms with Crippen LogP contribution in [0.2, 0.25) is 0 Å². The van der Waals surface area contributed by atoms with Crippen molar-refractivity contribution < 1.29 is 37.0 Å². The average molecular weight is 617 g/mol. The van der Waals surface area contributed by atoms with Crippen LogP contribution < -0.4 is 19.5 Å². The number of nitrogens with zero attached hydrogens (tertiary/aromatic N) is 1. The van der Waals surface area contributed by atoms with Gasteiger partial charge in [0, 0.05) is 12.0 Å². The van der Waals surface area contributed by atoms with Crippen LogP contribution in [-0.2, 0) is 17.4 Å². The fourth-order valence-electron chi connectivity index (χ4n) is 5.21. The van der Waals surface area contributed by atoms with Crippen molar-refractivity contribution in [2.75, 3.05) is 19.8 Å². The van der Waals surface area contributed by atoms with Gasteiger partial charge in [0.1, 0.15) is 29.5 Å². The predicted octanol–water partition coefficient (Wildman–Crippen LogP) is 7.98. The van der Waals surface area contributed by atoms with Crippen molar-refractivity contribution in [3.63, 3.8) is 0 Å². The van der Waals surface area contributed by atoms with Gasteiger partial charge in [-0.2, -0.15) is 13.2 Å². The van der Waals surface area contributed by atoms with Crippen molar-refractivity contribution in [2.24, 2.45) is 0 Å². The summed E-state index contributed by atoms with van der Waals surface area (Å²) < 4.78 is 60.4. The Bertz CT molecular complexity index is 1480. The third-order valence-corrected chi connectivity index (χ3v) is 8.57. The van der Waals surface area contributed by atoms with Gasteiger partial charge < -0.3 is 19.1 Å². The summed E-state index contributed by atoms with van der Waals surface area (Å²) in [4.78, 5) is 26.6. The van der Waals surface area contributed by atoms with Gasteiger partial charge in [-0.1, -0.05) is 6.07 Å². The molecule has 1 fully saturated rings. The number of hydrogen-bond donors (Lipinski definition) is 1. The molecule has 2 aromatic carbocycles. The largest absolute Gasteiger partial charge is 0.493 e. The van der Waals surface area contributed by atoms with E-state index in [-0.39, 0.29) is 22.8 Å². The van der Waals surface area contributed by atoms with E-state index in [4.69, 9.17) is 20.8 Å². The second kappa shape index (κ2) is 13.3. The van der Waals surface area contributed by atoms with E-state index in [0.29, 0.717) is 37.8 Å². The van der Waals surface area contributed by atoms with Gasteiger partial charge in [-0.15, -0.1) is 0 Å². The molecule has 4 rings (SSSR count). The van der Waals surface area contributed by atoms with Crippen molar-refractivity contribution in [2.45, 2.75) is 78.0 Å². The number of benzene rings is 2. The number of hydrogen-bond acceptors (Lipinski definition) is 6. The predicted molar refractivity (Wildman–Crippen MR) is 159 cm³/mol. The van der Waals surface area contributed by atoms with E-state index < -0.39 is 28.5 Å². The highest BCUT2D eigenvalue weighted by Gasteiger charge is 2.38. The highest BCUT2D eigenvalue weighted by Crippen LogP contribution is 2.44. The average Bonchev–Trinajstić information content (AvgIpc) is 3.27. The molecule has 1 unspecified atom stereocenters. The molecule has 1 atom stereocenters. The summed E-state index contributed by atoms with van der Waals surface area (Å²) in [5.41, 5.74) is 2.22. The molecule has 1 saturated heterocycles. The number of fused-ring (bicyclic) bond motifs is 1. The fourth-order valence-corrected chi connectivity index (χ4v) is 5.89. The van der Waals surface area contributed by atoms with Crippen LogP contribution in [0.4, 0.5) is 18.0 Å². The first-order valence-corrected chi connectivity index (χ1v) is 15.0. The molecule has 230 valence electrons. The second-order valence-corrected chi connectivity index (χ2v) is 12.1. The topological polar surface area (TPSA) is 78.2 Å². The maximum Gasteiger partial charge on any atom is 0.419 e. The third kappa shape index (κ3) is 7.66. The third-order valence-electron chi connectivity index (χ3n) is 7.76. The lowest BCUT2D eigenvalue weighted by molar-refractivity contribution is -0.139. The number of imide groups is 1. The molecule has 2 heterocycles. The molecule has 7 nitrogen and oxygen atoms in total. The Morgan fingerprint density at radius 3 is 2.51 bits per heavy atom. The zero-order valence-corrected chi connectivity index (χ0v) is 25.5. The molecule has 0 saturated carbocycles. The molecular formula is C32H35F3N2O5S. The van der Waals surface area contributed by atoms with Gasteiger partial charge in [0.15, 0.2) is 0 Å². The summed E-state index contributed by atoms with van der Waals surface area (Å²) in [6.07, 6.45) is 1.57. The van der Waals surface area contributed by atoms with E-state index in [1.165, 1.54) is 18.2 Å². The van der Waals surface area contributed by atoms with Crippen LogP contribution in [-0.4, -0.2) is 36.5 Å². The van der Waals surface area contributed by atoms with Gasteiger partial charge in [-0.05, 0) is 112 Å². The van der Waals surface area contributed by atoms with Crippen molar-refractivity contribution in [1.82, 2.24) is 5.32 Å². The first kappa shape index (κ1) is 32.3. The van der Waals surface area contributed by atoms with Crippen molar-refractivity contribution in [1.29, 1.82) is 0 Å². The van der Waals surface area contributed by atoms with Crippen molar-refractivity contribution >= 4 is 29.0 Å². The molecule has 0 aromatic heterocycles. The van der Waals surface area contributed by atoms with Crippen LogP contribution >= 0.6 is 11.8 Å². The summed E-state index contributed by atoms with van der Waals surface area (Å²) in [5, 5.41) is 1.52. The number of rotatable bonds is 11. The van der Waals surface area contributed by atoms with E-state index in [9.17, 15) is 22.8 Å². The molecule has 2 amide bonds. The fraction of sp³-hybridized carbons (Fsp3) is 0.469. The van der Waals surface area contributed by atoms with Crippen LogP contribution in [0.1, 0.15) is 72.4 Å². The Kier molecular flexibility index (Phi) is 10.0. The Hall–Kier alpha value is -3.65. The molecule has 2 aliphatic heterocycles. The molecular weight excluding hydrogens is 581 g/mol. The van der Waals surface area contributed by atoms with Gasteiger partial charge in [-0.25, -0.2) is 6.57 Å². The zero-order chi connectivity index (χ0) is 31.4. The number of carbonyl (C=O) groups excluding carboxylic acids is 2. The molecule has 2 aliphatic rings. The van der Waals surface area contributed by atoms with Crippen molar-refractivity contribution in [3.8, 4) is 17.2 Å². The molecule has 1 N–H and O–H groups in total. The van der Waals surface area contributed by atoms with Crippen LogP contribution in [0.3, 0.4) is 0 Å². The summed E-state index contributed by atoms with van der Waals surface area (Å²) in [7, 11) is 0. The summed E-state index contributed by atoms with van der Waals surface area (Å²) >= 11 is 0.637. The minimum atomic E-state index is -4.70. The lowest BCUT2D eigenvalue weighted by Gasteiger charge is -2.38. The highest BCUT2D eigenvalue weighted by molar-refractivity contribution is 8.18. The highest BCUT2D eigenvalue weighted by atomic mass is 32.2. The van der Waals surface area contributed by atoms with Crippen LogP contribution in [0.5, 0.6) is 17.2 Å². The number of carbonyl (C=O) groups is 2. The van der Waals surface area contributed by atoms with Gasteiger partial charge in [0.25, 0.3) is 11.1 Å². The van der Waals surface area contributed by atoms with Gasteiger partial charge in [-0.3, -0.25) is 14.9 Å². The first-order valence-electron chi connectivity index (χ1n) is 14.2. The number of nitrogens with one attached hydrogen (secondary N) is 1. The van der Waals surface area contributed by atoms with E-state index >= 15 is 0 Å². The maximum atomic E-state index is 14.0. The molecule has 0 bridgehead atoms. The maximum absolute atomic E-state index is 14.0. The van der Waals surface area contributed by atoms with Gasteiger partial charge >= 0.3 is 6.18 Å². The lowest BCUT2D eigenvalue weighted by atomic mass is 9.87. The smallest absolute Gasteiger partial charge is 0.419 e. The second-order valence-electron chi connectivity index (χ2n) is 11.1. The van der Waals surface area contributed by atoms with Gasteiger partial charge in [0.2, 0.25) is 6.54 Å². The summed E-state index contributed by atoms with van der Waals surface area (Å²) in [5.74, 6) is 0.587. The lowest BCUT2D eigenvalue weighted by Crippen LogP contribution is -2.42. The van der Waals surface area contributed by atoms with Crippen LogP contribution in [0.15, 0.2) is 23.1 Å². The van der Waals surface area contributed by atoms with Crippen LogP contribution in [0.25, 0.3) is 10.9 Å². The number of halogens is 3. The number of ether oxygens (including phenoxy) is 3.